The summed E-state index contributed by atoms with van der Waals surface area (Å²) in [5.74, 6) is -2.10. The molecule has 0 bridgehead atoms. The molecule has 6 nitrogen and oxygen atoms in total. The molecular weight excluding hydrogens is 272 g/mol. The van der Waals surface area contributed by atoms with Gasteiger partial charge in [0, 0.05) is 6.42 Å². The molecule has 2 aromatic rings. The van der Waals surface area contributed by atoms with Crippen LogP contribution in [0.1, 0.15) is 29.9 Å². The van der Waals surface area contributed by atoms with E-state index in [1.807, 2.05) is 18.2 Å². The molecule has 0 saturated heterocycles. The molecule has 0 fully saturated rings. The molecule has 0 aliphatic rings. The van der Waals surface area contributed by atoms with Gasteiger partial charge in [-0.3, -0.25) is 4.79 Å². The van der Waals surface area contributed by atoms with Gasteiger partial charge in [0.25, 0.3) is 0 Å². The lowest BCUT2D eigenvalue weighted by Crippen LogP contribution is -2.28. The summed E-state index contributed by atoms with van der Waals surface area (Å²) in [4.78, 5) is 22.6. The van der Waals surface area contributed by atoms with Crippen LogP contribution in [0.4, 0.5) is 0 Å². The Bertz CT molecular complexity index is 674. The molecule has 1 aromatic carbocycles. The van der Waals surface area contributed by atoms with Gasteiger partial charge in [-0.2, -0.15) is 5.10 Å². The smallest absolute Gasteiger partial charge is 0.339 e. The molecule has 1 aromatic heterocycles. The zero-order chi connectivity index (χ0) is 15.6. The van der Waals surface area contributed by atoms with Gasteiger partial charge < -0.3 is 10.2 Å². The fourth-order valence-electron chi connectivity index (χ4n) is 2.01. The maximum Gasteiger partial charge on any atom is 0.339 e. The Hall–Kier alpha value is -2.63. The number of rotatable bonds is 5. The number of aromatic carboxylic acids is 1. The predicted molar refractivity (Wildman–Crippen MR) is 75.6 cm³/mol. The molecule has 0 spiro atoms. The summed E-state index contributed by atoms with van der Waals surface area (Å²) in [6, 6.07) is 9.03. The van der Waals surface area contributed by atoms with Gasteiger partial charge in [-0.25, -0.2) is 9.48 Å². The SMILES string of the molecule is CC(C)(Cc1c(C(=O)O)cnn1-c1ccccc1)C(=O)O. The van der Waals surface area contributed by atoms with Crippen molar-refractivity contribution in [3.8, 4) is 5.69 Å². The van der Waals surface area contributed by atoms with E-state index >= 15 is 0 Å². The molecule has 6 heteroatoms. The van der Waals surface area contributed by atoms with Gasteiger partial charge >= 0.3 is 11.9 Å². The molecule has 0 atom stereocenters. The summed E-state index contributed by atoms with van der Waals surface area (Å²) in [6.07, 6.45) is 1.32. The molecule has 0 amide bonds. The lowest BCUT2D eigenvalue weighted by atomic mass is 9.87. The normalized spacial score (nSPS) is 11.3. The number of hydrogen-bond donors (Lipinski definition) is 2. The second-order valence-electron chi connectivity index (χ2n) is 5.42. The third-order valence-electron chi connectivity index (χ3n) is 3.29. The van der Waals surface area contributed by atoms with Crippen molar-refractivity contribution in [2.24, 2.45) is 5.41 Å². The number of aromatic nitrogens is 2. The Balaban J connectivity index is 2.54. The topological polar surface area (TPSA) is 92.4 Å². The number of hydrogen-bond acceptors (Lipinski definition) is 3. The molecule has 1 heterocycles. The van der Waals surface area contributed by atoms with Crippen LogP contribution in [0.15, 0.2) is 36.5 Å². The Kier molecular flexibility index (Phi) is 3.80. The first-order chi connectivity index (χ1) is 9.83. The first-order valence-corrected chi connectivity index (χ1v) is 6.42. The van der Waals surface area contributed by atoms with E-state index in [0.717, 1.165) is 0 Å². The lowest BCUT2D eigenvalue weighted by molar-refractivity contribution is -0.146. The van der Waals surface area contributed by atoms with E-state index in [2.05, 4.69) is 5.10 Å². The van der Waals surface area contributed by atoms with Gasteiger partial charge in [0.1, 0.15) is 5.56 Å². The van der Waals surface area contributed by atoms with E-state index in [-0.39, 0.29) is 12.0 Å². The van der Waals surface area contributed by atoms with Crippen molar-refractivity contribution in [2.75, 3.05) is 0 Å². The van der Waals surface area contributed by atoms with Crippen molar-refractivity contribution in [1.29, 1.82) is 0 Å². The second-order valence-corrected chi connectivity index (χ2v) is 5.42. The van der Waals surface area contributed by atoms with Crippen molar-refractivity contribution in [3.05, 3.63) is 47.8 Å². The van der Waals surface area contributed by atoms with Crippen LogP contribution in [0.2, 0.25) is 0 Å². The fourth-order valence-corrected chi connectivity index (χ4v) is 2.01. The van der Waals surface area contributed by atoms with Crippen molar-refractivity contribution in [1.82, 2.24) is 9.78 Å². The van der Waals surface area contributed by atoms with Gasteiger partial charge in [0.2, 0.25) is 0 Å². The fraction of sp³-hybridized carbons (Fsp3) is 0.267. The van der Waals surface area contributed by atoms with Crippen LogP contribution in [0.25, 0.3) is 5.69 Å². The van der Waals surface area contributed by atoms with Crippen LogP contribution in [-0.4, -0.2) is 31.9 Å². The van der Waals surface area contributed by atoms with E-state index < -0.39 is 17.4 Å². The summed E-state index contributed by atoms with van der Waals surface area (Å²) in [5, 5.41) is 22.6. The standard InChI is InChI=1S/C15H16N2O4/c1-15(2,14(20)21)8-12-11(13(18)19)9-16-17(12)10-6-4-3-5-7-10/h3-7,9H,8H2,1-2H3,(H,18,19)(H,20,21). The summed E-state index contributed by atoms with van der Waals surface area (Å²) in [7, 11) is 0. The highest BCUT2D eigenvalue weighted by Gasteiger charge is 2.31. The van der Waals surface area contributed by atoms with Crippen molar-refractivity contribution >= 4 is 11.9 Å². The van der Waals surface area contributed by atoms with Gasteiger partial charge in [0.15, 0.2) is 0 Å². The van der Waals surface area contributed by atoms with E-state index in [9.17, 15) is 19.8 Å². The Morgan fingerprint density at radius 3 is 2.33 bits per heavy atom. The van der Waals surface area contributed by atoms with Crippen molar-refractivity contribution in [3.63, 3.8) is 0 Å². The second kappa shape index (κ2) is 5.40. The number of nitrogens with zero attached hydrogens (tertiary/aromatic N) is 2. The highest BCUT2D eigenvalue weighted by molar-refractivity contribution is 5.89. The average molecular weight is 288 g/mol. The third kappa shape index (κ3) is 2.94. The molecule has 21 heavy (non-hydrogen) atoms. The summed E-state index contributed by atoms with van der Waals surface area (Å²) in [6.45, 7) is 3.12. The first kappa shape index (κ1) is 14.8. The minimum absolute atomic E-state index is 0.0215. The Labute approximate surface area is 121 Å². The molecule has 110 valence electrons. The summed E-state index contributed by atoms with van der Waals surface area (Å²) < 4.78 is 1.48. The van der Waals surface area contributed by atoms with Crippen LogP contribution >= 0.6 is 0 Å². The molecule has 0 unspecified atom stereocenters. The maximum absolute atomic E-state index is 11.3. The predicted octanol–water partition coefficient (Wildman–Crippen LogP) is 2.22. The van der Waals surface area contributed by atoms with Crippen molar-refractivity contribution in [2.45, 2.75) is 20.3 Å². The molecule has 2 N–H and O–H groups in total. The molecule has 0 aliphatic heterocycles. The highest BCUT2D eigenvalue weighted by Crippen LogP contribution is 2.26. The van der Waals surface area contributed by atoms with Crippen LogP contribution < -0.4 is 0 Å². The number of aliphatic carboxylic acids is 1. The van der Waals surface area contributed by atoms with Crippen LogP contribution in [-0.2, 0) is 11.2 Å². The van der Waals surface area contributed by atoms with Crippen LogP contribution in [0.3, 0.4) is 0 Å². The van der Waals surface area contributed by atoms with E-state index in [1.165, 1.54) is 10.9 Å². The number of carboxylic acids is 2. The molecule has 2 rings (SSSR count). The molecule has 0 saturated carbocycles. The average Bonchev–Trinajstić information content (AvgIpc) is 2.82. The summed E-state index contributed by atoms with van der Waals surface area (Å²) >= 11 is 0. The Morgan fingerprint density at radius 2 is 1.81 bits per heavy atom. The summed E-state index contributed by atoms with van der Waals surface area (Å²) in [5.41, 5.74) is 0.00648. The molecule has 0 aliphatic carbocycles. The highest BCUT2D eigenvalue weighted by atomic mass is 16.4. The lowest BCUT2D eigenvalue weighted by Gasteiger charge is -2.20. The van der Waals surface area contributed by atoms with E-state index in [4.69, 9.17) is 0 Å². The largest absolute Gasteiger partial charge is 0.481 e. The monoisotopic (exact) mass is 288 g/mol. The Morgan fingerprint density at radius 1 is 1.19 bits per heavy atom. The van der Waals surface area contributed by atoms with E-state index in [0.29, 0.717) is 11.4 Å². The van der Waals surface area contributed by atoms with Crippen molar-refractivity contribution < 1.29 is 19.8 Å². The first-order valence-electron chi connectivity index (χ1n) is 6.42. The van der Waals surface area contributed by atoms with Crippen LogP contribution in [0, 0.1) is 5.41 Å². The minimum Gasteiger partial charge on any atom is -0.481 e. The van der Waals surface area contributed by atoms with E-state index in [1.54, 1.807) is 26.0 Å². The molecular formula is C15H16N2O4. The molecule has 0 radical (unpaired) electrons. The number of para-hydroxylation sites is 1. The van der Waals surface area contributed by atoms with Gasteiger partial charge in [0.05, 0.1) is 23.0 Å². The zero-order valence-electron chi connectivity index (χ0n) is 11.8. The van der Waals surface area contributed by atoms with Gasteiger partial charge in [-0.15, -0.1) is 0 Å². The third-order valence-corrected chi connectivity index (χ3v) is 3.29. The van der Waals surface area contributed by atoms with Gasteiger partial charge in [-0.05, 0) is 26.0 Å². The van der Waals surface area contributed by atoms with Gasteiger partial charge in [-0.1, -0.05) is 18.2 Å². The minimum atomic E-state index is -1.12. The number of benzene rings is 1. The van der Waals surface area contributed by atoms with Crippen LogP contribution in [0.5, 0.6) is 0 Å². The number of carboxylic acid groups (broad SMARTS) is 2. The number of carbonyl (C=O) groups is 2. The quantitative estimate of drug-likeness (QED) is 0.880. The maximum atomic E-state index is 11.3. The zero-order valence-corrected chi connectivity index (χ0v) is 11.8.